The first kappa shape index (κ1) is 46.2. The first-order valence-corrected chi connectivity index (χ1v) is 32.7. The van der Waals surface area contributed by atoms with Gasteiger partial charge in [0.25, 0.3) is 6.71 Å². The van der Waals surface area contributed by atoms with Crippen molar-refractivity contribution in [3.63, 3.8) is 0 Å². The second kappa shape index (κ2) is 21.9. The number of benzene rings is 13. The Kier molecular flexibility index (Phi) is 10.6. The van der Waals surface area contributed by atoms with Crippen LogP contribution in [0.4, 0.5) is 34.1 Å². The van der Waals surface area contributed by atoms with Crippen molar-refractivity contribution in [1.82, 2.24) is 9.13 Å². The van der Waals surface area contributed by atoms with Gasteiger partial charge < -0.3 is 18.9 Å². The lowest BCUT2D eigenvalue weighted by Crippen LogP contribution is -2.61. The van der Waals surface area contributed by atoms with Crippen molar-refractivity contribution in [2.75, 3.05) is 9.80 Å². The van der Waals surface area contributed by atoms with Gasteiger partial charge in [0.05, 0.1) is 33.4 Å². The van der Waals surface area contributed by atoms with E-state index in [1.165, 1.54) is 47.5 Å². The molecule has 4 nitrogen and oxygen atoms in total. The van der Waals surface area contributed by atoms with Crippen molar-refractivity contribution >= 4 is 101 Å². The molecule has 0 bridgehead atoms. The Morgan fingerprint density at radius 1 is 0.305 bits per heavy atom. The van der Waals surface area contributed by atoms with E-state index < -0.39 is 34.1 Å². The number of nitrogens with zero attached hydrogens (tertiary/aromatic N) is 4. The third kappa shape index (κ3) is 9.10. The predicted molar refractivity (Wildman–Crippen MR) is 407 cm³/mol. The van der Waals surface area contributed by atoms with Gasteiger partial charge in [0.15, 0.2) is 0 Å². The maximum atomic E-state index is 9.06. The lowest BCUT2D eigenvalue weighted by atomic mass is 9.33. The molecular formula is C90H75BN4. The number of hydrogen-bond acceptors (Lipinski definition) is 2. The van der Waals surface area contributed by atoms with E-state index in [-0.39, 0.29) is 44.2 Å². The van der Waals surface area contributed by atoms with E-state index in [1.54, 1.807) is 0 Å². The van der Waals surface area contributed by atoms with E-state index in [0.29, 0.717) is 33.9 Å². The fourth-order valence-corrected chi connectivity index (χ4v) is 15.5. The van der Waals surface area contributed by atoms with Crippen LogP contribution in [0.15, 0.2) is 273 Å². The average molecular weight is 1240 g/mol. The molecule has 0 radical (unpaired) electrons. The minimum Gasteiger partial charge on any atom is -0.311 e. The van der Waals surface area contributed by atoms with Gasteiger partial charge in [-0.1, -0.05) is 242 Å². The molecular weight excluding hydrogens is 1150 g/mol. The SMILES string of the molecule is [2H]C([2H])([2H])c1cccc(C([2H])([2H])[2H])c1-c1ccccc1N1c2ccc(-n3c4ccccc4c4cccc(-c5ccc(C(C)(C)C)cc5)c43)cc2B2c3cc(-n4c5ccccc5c5cccc(-c6ccc(C(C)(C)C)cc6)c54)ccc3N(c3ccccc3-c3c(C([2H])([2H])[2H])cccc3C([2H])([2H])[2H])c3cccc1c32. The molecule has 15 aromatic rings. The first-order valence-electron chi connectivity index (χ1n) is 38.7. The number of para-hydroxylation sites is 6. The molecule has 2 aliphatic heterocycles. The molecule has 95 heavy (non-hydrogen) atoms. The summed E-state index contributed by atoms with van der Waals surface area (Å²) in [6.07, 6.45) is 0. The summed E-state index contributed by atoms with van der Waals surface area (Å²) >= 11 is 0. The lowest BCUT2D eigenvalue weighted by molar-refractivity contribution is 0.590. The second-order valence-corrected chi connectivity index (χ2v) is 27.6. The summed E-state index contributed by atoms with van der Waals surface area (Å²) in [5.41, 5.74) is 19.1. The summed E-state index contributed by atoms with van der Waals surface area (Å²) in [7, 11) is 0. The predicted octanol–water partition coefficient (Wildman–Crippen LogP) is 22.5. The fourth-order valence-electron chi connectivity index (χ4n) is 15.5. The zero-order valence-electron chi connectivity index (χ0n) is 65.8. The van der Waals surface area contributed by atoms with Crippen LogP contribution in [-0.4, -0.2) is 15.8 Å². The molecule has 458 valence electrons. The number of rotatable bonds is 8. The second-order valence-electron chi connectivity index (χ2n) is 27.6. The van der Waals surface area contributed by atoms with Gasteiger partial charge in [0.1, 0.15) is 0 Å². The lowest BCUT2D eigenvalue weighted by Gasteiger charge is -2.45. The summed E-state index contributed by atoms with van der Waals surface area (Å²) in [5.74, 6) is 0. The highest BCUT2D eigenvalue weighted by atomic mass is 15.2. The molecule has 0 unspecified atom stereocenters. The molecule has 5 heteroatoms. The van der Waals surface area contributed by atoms with Crippen LogP contribution in [0.3, 0.4) is 0 Å². The first-order chi connectivity index (χ1) is 50.9. The Morgan fingerprint density at radius 2 is 0.653 bits per heavy atom. The Balaban J connectivity index is 1.01. The quantitative estimate of drug-likeness (QED) is 0.141. The van der Waals surface area contributed by atoms with E-state index in [9.17, 15) is 0 Å². The van der Waals surface area contributed by atoms with Crippen LogP contribution in [0, 0.1) is 27.4 Å². The minimum absolute atomic E-state index is 0.0788. The molecule has 0 saturated heterocycles. The van der Waals surface area contributed by atoms with Gasteiger partial charge in [0, 0.05) is 94.4 Å². The van der Waals surface area contributed by atoms with Crippen molar-refractivity contribution in [2.45, 2.75) is 79.8 Å². The molecule has 0 spiro atoms. The van der Waals surface area contributed by atoms with E-state index in [4.69, 9.17) is 16.4 Å². The highest BCUT2D eigenvalue weighted by Gasteiger charge is 2.45. The van der Waals surface area contributed by atoms with Gasteiger partial charge in [0.2, 0.25) is 0 Å². The van der Waals surface area contributed by atoms with Crippen LogP contribution in [0.25, 0.3) is 99.5 Å². The molecule has 13 aromatic carbocycles. The van der Waals surface area contributed by atoms with E-state index >= 15 is 0 Å². The number of hydrogen-bond donors (Lipinski definition) is 0. The van der Waals surface area contributed by atoms with Crippen molar-refractivity contribution in [3.05, 3.63) is 306 Å². The average Bonchev–Trinajstić information content (AvgIpc) is 0.728. The van der Waals surface area contributed by atoms with Gasteiger partial charge in [-0.15, -0.1) is 0 Å². The Hall–Kier alpha value is -10.9. The van der Waals surface area contributed by atoms with Crippen molar-refractivity contribution in [3.8, 4) is 55.9 Å². The summed E-state index contributed by atoms with van der Waals surface area (Å²) < 4.78 is 114. The largest absolute Gasteiger partial charge is 0.311 e. The van der Waals surface area contributed by atoms with Crippen LogP contribution in [0.5, 0.6) is 0 Å². The van der Waals surface area contributed by atoms with Crippen molar-refractivity contribution < 1.29 is 16.4 Å². The molecule has 0 atom stereocenters. The standard InChI is InChI=1S/C90H75BN4/c1-56-24-19-25-57(2)84(56)72-30-13-17-38-78(72)94-80-52-50-64(92-76-36-15-11-28-68(76)70-34-21-32-66(87(70)92)60-42-46-62(47-43-60)89(5,6)7)54-74(80)91-75-55-65(93-77-37-16-12-29-69(77)71-35-22-33-67(88(71)93)61-44-48-63(49-45-61)90(8,9)10)51-53-81(75)95(83-41-23-40-82(94)86(83)91)79-39-18-14-31-73(79)85-58(3)26-20-27-59(85)4/h11-55H,1-10H3/i1D3,2D3,3D3,4D3. The monoisotopic (exact) mass is 1230 g/mol. The summed E-state index contributed by atoms with van der Waals surface area (Å²) in [5, 5.41) is 4.26. The van der Waals surface area contributed by atoms with Crippen LogP contribution in [0.2, 0.25) is 0 Å². The Bertz CT molecular complexity index is 5690. The number of fused-ring (bicyclic) bond motifs is 10. The third-order valence-electron chi connectivity index (χ3n) is 19.9. The van der Waals surface area contributed by atoms with Gasteiger partial charge in [-0.25, -0.2) is 0 Å². The molecule has 17 rings (SSSR count). The zero-order chi connectivity index (χ0) is 74.8. The molecule has 0 fully saturated rings. The highest BCUT2D eigenvalue weighted by Crippen LogP contribution is 2.51. The zero-order valence-corrected chi connectivity index (χ0v) is 53.8. The number of aromatic nitrogens is 2. The topological polar surface area (TPSA) is 16.3 Å². The van der Waals surface area contributed by atoms with Gasteiger partial charge >= 0.3 is 0 Å². The fraction of sp³-hybridized carbons (Fsp3) is 0.133. The highest BCUT2D eigenvalue weighted by molar-refractivity contribution is 7.00. The third-order valence-corrected chi connectivity index (χ3v) is 19.9. The molecule has 0 amide bonds. The summed E-state index contributed by atoms with van der Waals surface area (Å²) in [6.45, 7) is 1.72. The van der Waals surface area contributed by atoms with Gasteiger partial charge in [-0.2, -0.15) is 0 Å². The number of aryl methyl sites for hydroxylation is 4. The molecule has 0 aliphatic carbocycles. The van der Waals surface area contributed by atoms with E-state index in [2.05, 4.69) is 242 Å². The van der Waals surface area contributed by atoms with E-state index in [1.807, 2.05) is 54.6 Å². The maximum absolute atomic E-state index is 9.06. The normalized spacial score (nSPS) is 15.3. The van der Waals surface area contributed by atoms with E-state index in [0.717, 1.165) is 105 Å². The Labute approximate surface area is 575 Å². The van der Waals surface area contributed by atoms with Gasteiger partial charge in [-0.3, -0.25) is 0 Å². The van der Waals surface area contributed by atoms with Crippen LogP contribution < -0.4 is 26.2 Å². The minimum atomic E-state index is -2.74. The Morgan fingerprint density at radius 3 is 1.06 bits per heavy atom. The summed E-state index contributed by atoms with van der Waals surface area (Å²) in [4.78, 5) is 4.30. The molecule has 0 saturated carbocycles. The molecule has 4 heterocycles. The summed E-state index contributed by atoms with van der Waals surface area (Å²) in [6, 6.07) is 90.9. The van der Waals surface area contributed by atoms with Crippen LogP contribution in [0.1, 0.15) is 91.4 Å². The number of anilines is 6. The molecule has 2 aliphatic rings. The van der Waals surface area contributed by atoms with Crippen molar-refractivity contribution in [1.29, 1.82) is 0 Å². The van der Waals surface area contributed by atoms with Gasteiger partial charge in [-0.05, 0) is 183 Å². The smallest absolute Gasteiger partial charge is 0.252 e. The molecule has 0 N–H and O–H groups in total. The maximum Gasteiger partial charge on any atom is 0.252 e. The molecule has 2 aromatic heterocycles. The van der Waals surface area contributed by atoms with Crippen molar-refractivity contribution in [2.24, 2.45) is 0 Å². The van der Waals surface area contributed by atoms with Crippen LogP contribution in [-0.2, 0) is 10.8 Å². The van der Waals surface area contributed by atoms with Crippen LogP contribution >= 0.6 is 0 Å².